The highest BCUT2D eigenvalue weighted by Crippen LogP contribution is 2.16. The summed E-state index contributed by atoms with van der Waals surface area (Å²) in [5.41, 5.74) is 3.69. The zero-order chi connectivity index (χ0) is 19.8. The van der Waals surface area contributed by atoms with Crippen LogP contribution in [0.25, 0.3) is 0 Å². The quantitative estimate of drug-likeness (QED) is 0.664. The summed E-state index contributed by atoms with van der Waals surface area (Å²) in [4.78, 5) is 17.1. The first-order valence-electron chi connectivity index (χ1n) is 9.16. The fourth-order valence-corrected chi connectivity index (χ4v) is 2.85. The highest BCUT2D eigenvalue weighted by molar-refractivity contribution is 5.94. The van der Waals surface area contributed by atoms with E-state index in [0.29, 0.717) is 17.9 Å². The van der Waals surface area contributed by atoms with E-state index in [-0.39, 0.29) is 5.91 Å². The van der Waals surface area contributed by atoms with Crippen molar-refractivity contribution in [1.82, 2.24) is 10.3 Å². The molecule has 1 heterocycles. The summed E-state index contributed by atoms with van der Waals surface area (Å²) in [5, 5.41) is 15.1. The lowest BCUT2D eigenvalue weighted by Crippen LogP contribution is -2.34. The normalized spacial score (nSPS) is 11.4. The first kappa shape index (κ1) is 19.3. The molecule has 0 radical (unpaired) electrons. The number of pyridine rings is 1. The average Bonchev–Trinajstić information content (AvgIpc) is 2.74. The highest BCUT2D eigenvalue weighted by atomic mass is 16.2. The maximum absolute atomic E-state index is 12.9. The van der Waals surface area contributed by atoms with Gasteiger partial charge in [-0.3, -0.25) is 4.79 Å². The summed E-state index contributed by atoms with van der Waals surface area (Å²) in [7, 11) is 0. The fraction of sp³-hybridized carbons (Fsp3) is 0.174. The molecule has 2 aromatic carbocycles. The first-order valence-corrected chi connectivity index (χ1v) is 9.16. The molecule has 0 saturated carbocycles. The molecule has 5 nitrogen and oxygen atoms in total. The van der Waals surface area contributed by atoms with E-state index < -0.39 is 6.04 Å². The molecule has 0 saturated heterocycles. The van der Waals surface area contributed by atoms with E-state index in [9.17, 15) is 4.79 Å². The van der Waals surface area contributed by atoms with Crippen molar-refractivity contribution >= 4 is 11.7 Å². The van der Waals surface area contributed by atoms with Crippen LogP contribution >= 0.6 is 0 Å². The van der Waals surface area contributed by atoms with Gasteiger partial charge >= 0.3 is 0 Å². The molecule has 0 aliphatic heterocycles. The van der Waals surface area contributed by atoms with Crippen LogP contribution < -0.4 is 10.6 Å². The number of rotatable bonds is 7. The van der Waals surface area contributed by atoms with Crippen LogP contribution in [0.3, 0.4) is 0 Å². The predicted octanol–water partition coefficient (Wildman–Crippen LogP) is 3.77. The summed E-state index contributed by atoms with van der Waals surface area (Å²) in [5.74, 6) is 0.382. The molecule has 5 heteroatoms. The molecule has 1 atom stereocenters. The number of carbonyl (C=O) groups excluding carboxylic acids is 1. The second-order valence-corrected chi connectivity index (χ2v) is 6.57. The molecule has 0 bridgehead atoms. The van der Waals surface area contributed by atoms with E-state index >= 15 is 0 Å². The average molecular weight is 370 g/mol. The number of aromatic nitrogens is 1. The fourth-order valence-electron chi connectivity index (χ4n) is 2.85. The van der Waals surface area contributed by atoms with Crippen LogP contribution in [0.5, 0.6) is 0 Å². The van der Waals surface area contributed by atoms with Crippen LogP contribution in [0.4, 0.5) is 5.82 Å². The minimum absolute atomic E-state index is 0.151. The third kappa shape index (κ3) is 5.26. The molecule has 3 aromatic rings. The lowest BCUT2D eigenvalue weighted by Gasteiger charge is -2.19. The van der Waals surface area contributed by atoms with Crippen molar-refractivity contribution in [3.8, 4) is 6.07 Å². The Labute approximate surface area is 165 Å². The zero-order valence-corrected chi connectivity index (χ0v) is 15.7. The molecular weight excluding hydrogens is 348 g/mol. The van der Waals surface area contributed by atoms with Gasteiger partial charge in [0.25, 0.3) is 0 Å². The molecule has 3 rings (SSSR count). The van der Waals surface area contributed by atoms with Gasteiger partial charge in [-0.2, -0.15) is 5.26 Å². The Morgan fingerprint density at radius 2 is 1.82 bits per heavy atom. The minimum Gasteiger partial charge on any atom is -0.309 e. The summed E-state index contributed by atoms with van der Waals surface area (Å²) < 4.78 is 0. The number of amides is 1. The lowest BCUT2D eigenvalue weighted by molar-refractivity contribution is -0.118. The number of nitrogens with one attached hydrogen (secondary N) is 2. The van der Waals surface area contributed by atoms with Crippen LogP contribution in [0.2, 0.25) is 0 Å². The van der Waals surface area contributed by atoms with Gasteiger partial charge in [-0.1, -0.05) is 48.5 Å². The third-order valence-corrected chi connectivity index (χ3v) is 4.40. The van der Waals surface area contributed by atoms with Gasteiger partial charge in [0.05, 0.1) is 11.6 Å². The number of benzene rings is 2. The summed E-state index contributed by atoms with van der Waals surface area (Å²) in [6, 6.07) is 22.5. The Hall–Kier alpha value is -3.49. The number of carbonyl (C=O) groups is 1. The molecule has 28 heavy (non-hydrogen) atoms. The number of nitrogens with zero attached hydrogens (tertiary/aromatic N) is 2. The second kappa shape index (κ2) is 9.45. The summed E-state index contributed by atoms with van der Waals surface area (Å²) in [6.07, 6.45) is 2.48. The highest BCUT2D eigenvalue weighted by Gasteiger charge is 2.20. The van der Waals surface area contributed by atoms with Gasteiger partial charge < -0.3 is 10.6 Å². The molecule has 0 aliphatic carbocycles. The van der Waals surface area contributed by atoms with Gasteiger partial charge in [-0.05, 0) is 48.2 Å². The van der Waals surface area contributed by atoms with Crippen molar-refractivity contribution in [2.24, 2.45) is 0 Å². The van der Waals surface area contributed by atoms with E-state index in [1.165, 1.54) is 0 Å². The topological polar surface area (TPSA) is 77.8 Å². The monoisotopic (exact) mass is 370 g/mol. The van der Waals surface area contributed by atoms with Crippen molar-refractivity contribution in [3.05, 3.63) is 95.2 Å². The number of hydrogen-bond donors (Lipinski definition) is 2. The SMILES string of the molecule is Cc1ccc(NC(=O)C(NCCc2ccc(C#N)cc2)c2ccccc2)nc1. The largest absolute Gasteiger partial charge is 0.309 e. The molecule has 140 valence electrons. The van der Waals surface area contributed by atoms with Crippen molar-refractivity contribution in [1.29, 1.82) is 5.26 Å². The van der Waals surface area contributed by atoms with Gasteiger partial charge in [0.15, 0.2) is 0 Å². The predicted molar refractivity (Wildman–Crippen MR) is 110 cm³/mol. The van der Waals surface area contributed by atoms with Crippen LogP contribution in [-0.2, 0) is 11.2 Å². The van der Waals surface area contributed by atoms with Crippen LogP contribution in [0.15, 0.2) is 72.9 Å². The van der Waals surface area contributed by atoms with Crippen LogP contribution in [0.1, 0.15) is 28.3 Å². The minimum atomic E-state index is -0.484. The first-order chi connectivity index (χ1) is 13.7. The maximum atomic E-state index is 12.9. The number of hydrogen-bond acceptors (Lipinski definition) is 4. The molecule has 0 aliphatic rings. The smallest absolute Gasteiger partial charge is 0.247 e. The Morgan fingerprint density at radius 3 is 2.46 bits per heavy atom. The van der Waals surface area contributed by atoms with Crippen molar-refractivity contribution in [2.45, 2.75) is 19.4 Å². The Bertz CT molecular complexity index is 945. The van der Waals surface area contributed by atoms with Crippen molar-refractivity contribution in [2.75, 3.05) is 11.9 Å². The lowest BCUT2D eigenvalue weighted by atomic mass is 10.1. The van der Waals surface area contributed by atoms with Gasteiger partial charge in [0, 0.05) is 12.7 Å². The van der Waals surface area contributed by atoms with E-state index in [4.69, 9.17) is 5.26 Å². The van der Waals surface area contributed by atoms with Gasteiger partial charge in [-0.15, -0.1) is 0 Å². The number of nitriles is 1. The standard InChI is InChI=1S/C23H22N4O/c1-17-7-12-21(26-16-17)27-23(28)22(20-5-3-2-4-6-20)25-14-13-18-8-10-19(15-24)11-9-18/h2-12,16,22,25H,13-14H2,1H3,(H,26,27,28). The van der Waals surface area contributed by atoms with Gasteiger partial charge in [-0.25, -0.2) is 4.98 Å². The van der Waals surface area contributed by atoms with E-state index in [2.05, 4.69) is 21.7 Å². The molecule has 1 unspecified atom stereocenters. The van der Waals surface area contributed by atoms with E-state index in [1.54, 1.807) is 24.4 Å². The third-order valence-electron chi connectivity index (χ3n) is 4.40. The van der Waals surface area contributed by atoms with Crippen molar-refractivity contribution < 1.29 is 4.79 Å². The van der Waals surface area contributed by atoms with E-state index in [1.807, 2.05) is 55.5 Å². The summed E-state index contributed by atoms with van der Waals surface area (Å²) >= 11 is 0. The van der Waals surface area contributed by atoms with Crippen LogP contribution in [-0.4, -0.2) is 17.4 Å². The zero-order valence-electron chi connectivity index (χ0n) is 15.7. The number of aryl methyl sites for hydroxylation is 1. The molecule has 0 spiro atoms. The van der Waals surface area contributed by atoms with Gasteiger partial charge in [0.1, 0.15) is 11.9 Å². The maximum Gasteiger partial charge on any atom is 0.247 e. The summed E-state index contributed by atoms with van der Waals surface area (Å²) in [6.45, 7) is 2.58. The number of anilines is 1. The molecule has 1 amide bonds. The molecule has 0 fully saturated rings. The molecule has 1 aromatic heterocycles. The second-order valence-electron chi connectivity index (χ2n) is 6.57. The Morgan fingerprint density at radius 1 is 1.07 bits per heavy atom. The van der Waals surface area contributed by atoms with E-state index in [0.717, 1.165) is 23.1 Å². The molecule has 2 N–H and O–H groups in total. The Balaban J connectivity index is 1.67. The van der Waals surface area contributed by atoms with Crippen molar-refractivity contribution in [3.63, 3.8) is 0 Å². The Kier molecular flexibility index (Phi) is 6.50. The molecular formula is C23H22N4O. The van der Waals surface area contributed by atoms with Gasteiger partial charge in [0.2, 0.25) is 5.91 Å². The van der Waals surface area contributed by atoms with Crippen LogP contribution in [0, 0.1) is 18.3 Å².